The van der Waals surface area contributed by atoms with Crippen LogP contribution in [-0.2, 0) is 22.5 Å². The molecule has 1 aromatic heterocycles. The molecule has 26 heavy (non-hydrogen) atoms. The van der Waals surface area contributed by atoms with Crippen molar-refractivity contribution in [2.45, 2.75) is 31.3 Å². The van der Waals surface area contributed by atoms with Crippen LogP contribution in [0.25, 0.3) is 0 Å². The molecular weight excluding hydrogens is 334 g/mol. The average molecular weight is 357 g/mol. The topological polar surface area (TPSA) is 92.5 Å². The van der Waals surface area contributed by atoms with Crippen LogP contribution in [0.3, 0.4) is 0 Å². The molecule has 2 aliphatic heterocycles. The monoisotopic (exact) mass is 357 g/mol. The zero-order chi connectivity index (χ0) is 18.0. The SMILES string of the molecule is COCCc1noc(CN2C(=O)C3(CCNCC3)Nc3ccccc32)n1. The minimum atomic E-state index is -0.571. The Kier molecular flexibility index (Phi) is 4.60. The summed E-state index contributed by atoms with van der Waals surface area (Å²) in [5.74, 6) is 1.09. The van der Waals surface area contributed by atoms with E-state index in [1.165, 1.54) is 0 Å². The maximum absolute atomic E-state index is 13.4. The number of nitrogens with one attached hydrogen (secondary N) is 2. The van der Waals surface area contributed by atoms with Gasteiger partial charge in [0.2, 0.25) is 5.89 Å². The number of hydrogen-bond donors (Lipinski definition) is 2. The fraction of sp³-hybridized carbons (Fsp3) is 0.500. The van der Waals surface area contributed by atoms with Gasteiger partial charge in [-0.1, -0.05) is 17.3 Å². The predicted octanol–water partition coefficient (Wildman–Crippen LogP) is 1.34. The first-order chi connectivity index (χ1) is 12.7. The van der Waals surface area contributed by atoms with Gasteiger partial charge in [0.15, 0.2) is 5.82 Å². The molecule has 2 aromatic rings. The number of ether oxygens (including phenoxy) is 1. The van der Waals surface area contributed by atoms with E-state index >= 15 is 0 Å². The fourth-order valence-electron chi connectivity index (χ4n) is 3.63. The van der Waals surface area contributed by atoms with Crippen molar-refractivity contribution in [2.24, 2.45) is 0 Å². The quantitative estimate of drug-likeness (QED) is 0.834. The Labute approximate surface area is 151 Å². The third kappa shape index (κ3) is 3.06. The van der Waals surface area contributed by atoms with E-state index in [0.29, 0.717) is 24.7 Å². The van der Waals surface area contributed by atoms with Crippen molar-refractivity contribution in [3.8, 4) is 0 Å². The molecule has 0 bridgehead atoms. The van der Waals surface area contributed by atoms with Crippen LogP contribution in [0.5, 0.6) is 0 Å². The molecule has 1 fully saturated rings. The number of carbonyl (C=O) groups is 1. The molecule has 8 heteroatoms. The van der Waals surface area contributed by atoms with Gasteiger partial charge in [-0.3, -0.25) is 9.69 Å². The highest BCUT2D eigenvalue weighted by Gasteiger charge is 2.46. The van der Waals surface area contributed by atoms with Crippen LogP contribution in [0.1, 0.15) is 24.6 Å². The summed E-state index contributed by atoms with van der Waals surface area (Å²) in [7, 11) is 1.63. The first-order valence-corrected chi connectivity index (χ1v) is 8.92. The van der Waals surface area contributed by atoms with Crippen LogP contribution in [0.4, 0.5) is 11.4 Å². The van der Waals surface area contributed by atoms with Crippen molar-refractivity contribution in [1.29, 1.82) is 0 Å². The molecular formula is C18H23N5O3. The lowest BCUT2D eigenvalue weighted by atomic mass is 9.84. The number of nitrogens with zero attached hydrogens (tertiary/aromatic N) is 3. The molecule has 1 spiro atoms. The summed E-state index contributed by atoms with van der Waals surface area (Å²) in [6.07, 6.45) is 2.08. The normalized spacial score (nSPS) is 18.7. The Morgan fingerprint density at radius 2 is 2.12 bits per heavy atom. The molecule has 0 aliphatic carbocycles. The van der Waals surface area contributed by atoms with Gasteiger partial charge in [0, 0.05) is 13.5 Å². The highest BCUT2D eigenvalue weighted by molar-refractivity contribution is 6.07. The number of aromatic nitrogens is 2. The molecule has 138 valence electrons. The van der Waals surface area contributed by atoms with Crippen molar-refractivity contribution in [3.05, 3.63) is 36.0 Å². The number of amides is 1. The number of benzene rings is 1. The number of hydrogen-bond acceptors (Lipinski definition) is 7. The molecule has 1 aromatic carbocycles. The molecule has 2 N–H and O–H groups in total. The lowest BCUT2D eigenvalue weighted by Crippen LogP contribution is -2.61. The van der Waals surface area contributed by atoms with Crippen LogP contribution < -0.4 is 15.5 Å². The smallest absolute Gasteiger partial charge is 0.253 e. The maximum atomic E-state index is 13.4. The minimum Gasteiger partial charge on any atom is -0.384 e. The number of rotatable bonds is 5. The molecule has 4 rings (SSSR count). The summed E-state index contributed by atoms with van der Waals surface area (Å²) < 4.78 is 10.4. The molecule has 0 unspecified atom stereocenters. The molecule has 1 amide bonds. The predicted molar refractivity (Wildman–Crippen MR) is 96.0 cm³/mol. The molecule has 1 saturated heterocycles. The van der Waals surface area contributed by atoms with Gasteiger partial charge in [-0.25, -0.2) is 0 Å². The van der Waals surface area contributed by atoms with Gasteiger partial charge in [-0.05, 0) is 38.1 Å². The third-order valence-electron chi connectivity index (χ3n) is 5.01. The first kappa shape index (κ1) is 17.0. The summed E-state index contributed by atoms with van der Waals surface area (Å²) in [6, 6.07) is 7.86. The molecule has 2 aliphatic rings. The summed E-state index contributed by atoms with van der Waals surface area (Å²) in [6.45, 7) is 2.43. The number of para-hydroxylation sites is 2. The van der Waals surface area contributed by atoms with Gasteiger partial charge >= 0.3 is 0 Å². The molecule has 0 atom stereocenters. The second kappa shape index (κ2) is 7.05. The number of fused-ring (bicyclic) bond motifs is 1. The number of methoxy groups -OCH3 is 1. The lowest BCUT2D eigenvalue weighted by molar-refractivity contribution is -0.124. The highest BCUT2D eigenvalue weighted by Crippen LogP contribution is 2.39. The third-order valence-corrected chi connectivity index (χ3v) is 5.01. The standard InChI is InChI=1S/C18H23N5O3/c1-25-11-6-15-20-16(26-22-15)12-23-14-5-3-2-4-13(14)21-18(17(23)24)7-9-19-10-8-18/h2-5,19,21H,6-12H2,1H3. The zero-order valence-electron chi connectivity index (χ0n) is 14.8. The van der Waals surface area contributed by atoms with Crippen LogP contribution in [0.15, 0.2) is 28.8 Å². The first-order valence-electron chi connectivity index (χ1n) is 8.92. The summed E-state index contributed by atoms with van der Waals surface area (Å²) in [5.41, 5.74) is 1.24. The average Bonchev–Trinajstić information content (AvgIpc) is 3.12. The van der Waals surface area contributed by atoms with E-state index in [9.17, 15) is 4.79 Å². The van der Waals surface area contributed by atoms with Gasteiger partial charge in [0.05, 0.1) is 18.0 Å². The fourth-order valence-corrected chi connectivity index (χ4v) is 3.63. The Morgan fingerprint density at radius 1 is 1.31 bits per heavy atom. The Hall–Kier alpha value is -2.45. The van der Waals surface area contributed by atoms with Crippen molar-refractivity contribution < 1.29 is 14.1 Å². The van der Waals surface area contributed by atoms with E-state index < -0.39 is 5.54 Å². The van der Waals surface area contributed by atoms with E-state index in [0.717, 1.165) is 37.3 Å². The van der Waals surface area contributed by atoms with Crippen LogP contribution in [-0.4, -0.2) is 48.4 Å². The van der Waals surface area contributed by atoms with Gasteiger partial charge in [-0.15, -0.1) is 0 Å². The Bertz CT molecular complexity index is 785. The zero-order valence-corrected chi connectivity index (χ0v) is 14.8. The second-order valence-electron chi connectivity index (χ2n) is 6.71. The largest absolute Gasteiger partial charge is 0.384 e. The van der Waals surface area contributed by atoms with Gasteiger partial charge < -0.3 is 19.9 Å². The molecule has 8 nitrogen and oxygen atoms in total. The van der Waals surface area contributed by atoms with Crippen molar-refractivity contribution in [2.75, 3.05) is 37.0 Å². The van der Waals surface area contributed by atoms with Gasteiger partial charge in [-0.2, -0.15) is 4.98 Å². The molecule has 0 radical (unpaired) electrons. The highest BCUT2D eigenvalue weighted by atomic mass is 16.5. The number of anilines is 2. The van der Waals surface area contributed by atoms with Crippen LogP contribution >= 0.6 is 0 Å². The van der Waals surface area contributed by atoms with Crippen molar-refractivity contribution in [1.82, 2.24) is 15.5 Å². The summed E-state index contributed by atoms with van der Waals surface area (Å²) in [4.78, 5) is 19.5. The van der Waals surface area contributed by atoms with Crippen molar-refractivity contribution >= 4 is 17.3 Å². The molecule has 3 heterocycles. The molecule has 0 saturated carbocycles. The van der Waals surface area contributed by atoms with E-state index in [4.69, 9.17) is 9.26 Å². The van der Waals surface area contributed by atoms with E-state index in [1.807, 2.05) is 24.3 Å². The van der Waals surface area contributed by atoms with Crippen molar-refractivity contribution in [3.63, 3.8) is 0 Å². The second-order valence-corrected chi connectivity index (χ2v) is 6.71. The number of carbonyl (C=O) groups excluding carboxylic acids is 1. The Balaban J connectivity index is 1.62. The Morgan fingerprint density at radius 3 is 2.92 bits per heavy atom. The van der Waals surface area contributed by atoms with Gasteiger partial charge in [0.1, 0.15) is 12.1 Å². The van der Waals surface area contributed by atoms with Crippen LogP contribution in [0, 0.1) is 0 Å². The van der Waals surface area contributed by atoms with E-state index in [2.05, 4.69) is 20.8 Å². The van der Waals surface area contributed by atoms with Crippen LogP contribution in [0.2, 0.25) is 0 Å². The number of piperidine rings is 1. The summed E-state index contributed by atoms with van der Waals surface area (Å²) in [5, 5.41) is 10.8. The van der Waals surface area contributed by atoms with Gasteiger partial charge in [0.25, 0.3) is 5.91 Å². The minimum absolute atomic E-state index is 0.0642. The van der Waals surface area contributed by atoms with E-state index in [1.54, 1.807) is 12.0 Å². The van der Waals surface area contributed by atoms with E-state index in [-0.39, 0.29) is 12.5 Å². The lowest BCUT2D eigenvalue weighted by Gasteiger charge is -2.45. The summed E-state index contributed by atoms with van der Waals surface area (Å²) >= 11 is 0. The maximum Gasteiger partial charge on any atom is 0.253 e.